The largest absolute Gasteiger partial charge is 0.330 e. The van der Waals surface area contributed by atoms with Crippen LogP contribution in [-0.4, -0.2) is 16.3 Å². The topological polar surface area (TPSA) is 43.8 Å². The number of rotatable bonds is 5. The Labute approximate surface area is 115 Å². The maximum atomic E-state index is 5.95. The maximum Gasteiger partial charge on any atom is 0.0631 e. The molecule has 0 fully saturated rings. The maximum absolute atomic E-state index is 5.95. The Bertz CT molecular complexity index is 528. The van der Waals surface area contributed by atoms with Gasteiger partial charge in [-0.3, -0.25) is 4.68 Å². The molecule has 2 rings (SSSR count). The van der Waals surface area contributed by atoms with Gasteiger partial charge in [-0.1, -0.05) is 24.3 Å². The number of aryl methyl sites for hydroxylation is 1. The van der Waals surface area contributed by atoms with E-state index in [9.17, 15) is 0 Å². The third kappa shape index (κ3) is 3.24. The van der Waals surface area contributed by atoms with Gasteiger partial charge in [0.1, 0.15) is 0 Å². The Morgan fingerprint density at radius 2 is 1.95 bits per heavy atom. The van der Waals surface area contributed by atoms with Gasteiger partial charge in [-0.2, -0.15) is 5.10 Å². The summed E-state index contributed by atoms with van der Waals surface area (Å²) in [5, 5.41) is 4.61. The highest BCUT2D eigenvalue weighted by molar-refractivity contribution is 5.30. The molecule has 1 atom stereocenters. The molecule has 2 N–H and O–H groups in total. The van der Waals surface area contributed by atoms with Crippen molar-refractivity contribution in [3.63, 3.8) is 0 Å². The predicted molar refractivity (Wildman–Crippen MR) is 79.3 cm³/mol. The summed E-state index contributed by atoms with van der Waals surface area (Å²) in [6.45, 7) is 7.07. The van der Waals surface area contributed by atoms with Gasteiger partial charge in [-0.15, -0.1) is 0 Å². The normalized spacial score (nSPS) is 12.9. The van der Waals surface area contributed by atoms with Gasteiger partial charge in [0, 0.05) is 18.2 Å². The first-order valence-electron chi connectivity index (χ1n) is 6.91. The van der Waals surface area contributed by atoms with Crippen molar-refractivity contribution in [1.29, 1.82) is 0 Å². The van der Waals surface area contributed by atoms with E-state index in [0.717, 1.165) is 12.1 Å². The lowest BCUT2D eigenvalue weighted by atomic mass is 9.91. The molecule has 1 unspecified atom stereocenters. The van der Waals surface area contributed by atoms with E-state index in [4.69, 9.17) is 5.73 Å². The molecule has 0 aliphatic heterocycles. The van der Waals surface area contributed by atoms with Crippen molar-refractivity contribution >= 4 is 0 Å². The summed E-state index contributed by atoms with van der Waals surface area (Å²) in [6.07, 6.45) is 2.95. The van der Waals surface area contributed by atoms with Crippen LogP contribution >= 0.6 is 0 Å². The monoisotopic (exact) mass is 257 g/mol. The number of nitrogens with zero attached hydrogens (tertiary/aromatic N) is 2. The summed E-state index contributed by atoms with van der Waals surface area (Å²) in [4.78, 5) is 0. The van der Waals surface area contributed by atoms with E-state index >= 15 is 0 Å². The molecule has 1 aromatic heterocycles. The van der Waals surface area contributed by atoms with E-state index in [1.54, 1.807) is 0 Å². The highest BCUT2D eigenvalue weighted by atomic mass is 15.3. The molecule has 0 amide bonds. The first-order valence-corrected chi connectivity index (χ1v) is 6.91. The minimum Gasteiger partial charge on any atom is -0.330 e. The molecule has 0 aliphatic rings. The summed E-state index contributed by atoms with van der Waals surface area (Å²) in [5.41, 5.74) is 9.72. The zero-order chi connectivity index (χ0) is 13.8. The third-order valence-electron chi connectivity index (χ3n) is 3.56. The fraction of sp³-hybridized carbons (Fsp3) is 0.438. The Kier molecular flexibility index (Phi) is 4.38. The van der Waals surface area contributed by atoms with Crippen LogP contribution in [0.5, 0.6) is 0 Å². The van der Waals surface area contributed by atoms with Crippen molar-refractivity contribution in [2.45, 2.75) is 39.2 Å². The quantitative estimate of drug-likeness (QED) is 0.894. The fourth-order valence-corrected chi connectivity index (χ4v) is 2.39. The summed E-state index contributed by atoms with van der Waals surface area (Å²) < 4.78 is 2.00. The van der Waals surface area contributed by atoms with Crippen molar-refractivity contribution in [3.05, 3.63) is 53.3 Å². The molecule has 1 heterocycles. The summed E-state index contributed by atoms with van der Waals surface area (Å²) in [6, 6.07) is 11.0. The van der Waals surface area contributed by atoms with E-state index in [2.05, 4.69) is 56.2 Å². The number of nitrogens with two attached hydrogens (primary N) is 1. The lowest BCUT2D eigenvalue weighted by molar-refractivity contribution is 0.522. The smallest absolute Gasteiger partial charge is 0.0631 e. The van der Waals surface area contributed by atoms with Crippen LogP contribution < -0.4 is 5.73 Å². The predicted octanol–water partition coefficient (Wildman–Crippen LogP) is 3.06. The highest BCUT2D eigenvalue weighted by Gasteiger charge is 2.14. The highest BCUT2D eigenvalue weighted by Crippen LogP contribution is 2.22. The third-order valence-corrected chi connectivity index (χ3v) is 3.56. The Balaban J connectivity index is 2.17. The molecular formula is C16H23N3. The Morgan fingerprint density at radius 3 is 2.53 bits per heavy atom. The number of benzene rings is 1. The molecule has 0 aliphatic carbocycles. The van der Waals surface area contributed by atoms with Gasteiger partial charge in [-0.25, -0.2) is 0 Å². The summed E-state index contributed by atoms with van der Waals surface area (Å²) >= 11 is 0. The van der Waals surface area contributed by atoms with Crippen LogP contribution in [0, 0.1) is 6.92 Å². The standard InChI is InChI=1S/C16H23N3/c1-12(2)19-9-8-15(18-19)10-14(11-17)16-7-5-4-6-13(16)3/h4-9,12,14H,10-11,17H2,1-3H3. The van der Waals surface area contributed by atoms with Crippen LogP contribution in [-0.2, 0) is 6.42 Å². The summed E-state index contributed by atoms with van der Waals surface area (Å²) in [5.74, 6) is 0.344. The average molecular weight is 257 g/mol. The second kappa shape index (κ2) is 6.02. The molecule has 1 aromatic carbocycles. The van der Waals surface area contributed by atoms with Gasteiger partial charge in [0.15, 0.2) is 0 Å². The Hall–Kier alpha value is -1.61. The van der Waals surface area contributed by atoms with Gasteiger partial charge in [-0.05, 0) is 50.9 Å². The van der Waals surface area contributed by atoms with Crippen molar-refractivity contribution in [1.82, 2.24) is 9.78 Å². The Morgan fingerprint density at radius 1 is 1.21 bits per heavy atom. The van der Waals surface area contributed by atoms with Crippen LogP contribution in [0.4, 0.5) is 0 Å². The lowest BCUT2D eigenvalue weighted by Crippen LogP contribution is -2.16. The van der Waals surface area contributed by atoms with Crippen LogP contribution in [0.25, 0.3) is 0 Å². The van der Waals surface area contributed by atoms with E-state index in [1.807, 2.05) is 10.9 Å². The molecule has 0 saturated heterocycles. The SMILES string of the molecule is Cc1ccccc1C(CN)Cc1ccn(C(C)C)n1. The van der Waals surface area contributed by atoms with E-state index in [1.165, 1.54) is 11.1 Å². The van der Waals surface area contributed by atoms with Crippen LogP contribution in [0.2, 0.25) is 0 Å². The fourth-order valence-electron chi connectivity index (χ4n) is 2.39. The van der Waals surface area contributed by atoms with E-state index in [0.29, 0.717) is 18.5 Å². The number of hydrogen-bond acceptors (Lipinski definition) is 2. The van der Waals surface area contributed by atoms with Crippen molar-refractivity contribution in [3.8, 4) is 0 Å². The molecular weight excluding hydrogens is 234 g/mol. The van der Waals surface area contributed by atoms with Crippen molar-refractivity contribution in [2.75, 3.05) is 6.54 Å². The number of aromatic nitrogens is 2. The minimum absolute atomic E-state index is 0.344. The second-order valence-electron chi connectivity index (χ2n) is 5.37. The molecule has 0 spiro atoms. The molecule has 102 valence electrons. The van der Waals surface area contributed by atoms with Gasteiger partial charge in [0.25, 0.3) is 0 Å². The van der Waals surface area contributed by atoms with Gasteiger partial charge in [0.05, 0.1) is 5.69 Å². The molecule has 0 bridgehead atoms. The van der Waals surface area contributed by atoms with E-state index in [-0.39, 0.29) is 0 Å². The lowest BCUT2D eigenvalue weighted by Gasteiger charge is -2.16. The molecule has 2 aromatic rings. The zero-order valence-electron chi connectivity index (χ0n) is 12.0. The van der Waals surface area contributed by atoms with Crippen LogP contribution in [0.1, 0.15) is 42.6 Å². The molecule has 3 nitrogen and oxygen atoms in total. The van der Waals surface area contributed by atoms with Crippen molar-refractivity contribution < 1.29 is 0 Å². The van der Waals surface area contributed by atoms with E-state index < -0.39 is 0 Å². The van der Waals surface area contributed by atoms with Gasteiger partial charge >= 0.3 is 0 Å². The van der Waals surface area contributed by atoms with Crippen molar-refractivity contribution in [2.24, 2.45) is 5.73 Å². The first kappa shape index (κ1) is 13.8. The molecule has 19 heavy (non-hydrogen) atoms. The minimum atomic E-state index is 0.344. The average Bonchev–Trinajstić information content (AvgIpc) is 2.86. The van der Waals surface area contributed by atoms with Gasteiger partial charge < -0.3 is 5.73 Å². The van der Waals surface area contributed by atoms with Gasteiger partial charge in [0.2, 0.25) is 0 Å². The van der Waals surface area contributed by atoms with Crippen LogP contribution in [0.3, 0.4) is 0 Å². The van der Waals surface area contributed by atoms with Crippen LogP contribution in [0.15, 0.2) is 36.5 Å². The first-order chi connectivity index (χ1) is 9.11. The number of hydrogen-bond donors (Lipinski definition) is 1. The summed E-state index contributed by atoms with van der Waals surface area (Å²) in [7, 11) is 0. The molecule has 0 radical (unpaired) electrons. The molecule has 3 heteroatoms. The second-order valence-corrected chi connectivity index (χ2v) is 5.37. The molecule has 0 saturated carbocycles. The zero-order valence-corrected chi connectivity index (χ0v) is 12.0.